The number of carboxylic acid groups (broad SMARTS) is 1. The summed E-state index contributed by atoms with van der Waals surface area (Å²) in [7, 11) is 0. The van der Waals surface area contributed by atoms with Gasteiger partial charge in [-0.05, 0) is 77.4 Å². The maximum Gasteiger partial charge on any atom is 0.306 e. The molecule has 1 saturated carbocycles. The molecular weight excluding hydrogens is 376 g/mol. The van der Waals surface area contributed by atoms with E-state index >= 15 is 0 Å². The van der Waals surface area contributed by atoms with Crippen LogP contribution in [0.3, 0.4) is 0 Å². The molecule has 30 heavy (non-hydrogen) atoms. The van der Waals surface area contributed by atoms with Gasteiger partial charge in [0.1, 0.15) is 11.5 Å². The molecule has 1 aliphatic carbocycles. The Morgan fingerprint density at radius 1 is 1.03 bits per heavy atom. The fraction of sp³-hybridized carbons (Fsp3) is 0.346. The van der Waals surface area contributed by atoms with Gasteiger partial charge in [-0.25, -0.2) is 0 Å². The number of phenolic OH excluding ortho intramolecular Hbond substituents is 1. The predicted molar refractivity (Wildman–Crippen MR) is 119 cm³/mol. The van der Waals surface area contributed by atoms with Crippen molar-refractivity contribution in [1.29, 1.82) is 0 Å². The summed E-state index contributed by atoms with van der Waals surface area (Å²) in [5.41, 5.74) is 3.00. The second-order valence-corrected chi connectivity index (χ2v) is 8.48. The van der Waals surface area contributed by atoms with Gasteiger partial charge < -0.3 is 14.9 Å². The first kappa shape index (κ1) is 20.3. The summed E-state index contributed by atoms with van der Waals surface area (Å²) in [4.78, 5) is 11.3. The Morgan fingerprint density at radius 2 is 1.77 bits per heavy atom. The third-order valence-electron chi connectivity index (χ3n) is 6.09. The molecule has 2 N–H and O–H groups in total. The number of aromatic hydroxyl groups is 1. The van der Waals surface area contributed by atoms with Crippen molar-refractivity contribution in [3.8, 4) is 22.6 Å². The highest BCUT2D eigenvalue weighted by atomic mass is 16.5. The molecule has 4 rings (SSSR count). The Bertz CT molecular complexity index is 1050. The van der Waals surface area contributed by atoms with E-state index in [9.17, 15) is 15.0 Å². The van der Waals surface area contributed by atoms with Crippen LogP contribution in [0.5, 0.6) is 11.5 Å². The highest BCUT2D eigenvalue weighted by Gasteiger charge is 2.18. The molecule has 1 fully saturated rings. The molecule has 1 atom stereocenters. The van der Waals surface area contributed by atoms with Crippen molar-refractivity contribution >= 4 is 16.7 Å². The van der Waals surface area contributed by atoms with E-state index in [0.29, 0.717) is 12.3 Å². The van der Waals surface area contributed by atoms with Crippen molar-refractivity contribution in [2.45, 2.75) is 39.0 Å². The van der Waals surface area contributed by atoms with Gasteiger partial charge in [-0.3, -0.25) is 4.79 Å². The lowest BCUT2D eigenvalue weighted by Gasteiger charge is -2.17. The third-order valence-corrected chi connectivity index (χ3v) is 6.09. The molecule has 0 radical (unpaired) electrons. The minimum absolute atomic E-state index is 0.250. The van der Waals surface area contributed by atoms with E-state index in [0.717, 1.165) is 39.8 Å². The average molecular weight is 405 g/mol. The van der Waals surface area contributed by atoms with E-state index in [1.165, 1.54) is 25.7 Å². The molecule has 0 spiro atoms. The quantitative estimate of drug-likeness (QED) is 0.503. The molecule has 156 valence electrons. The van der Waals surface area contributed by atoms with Gasteiger partial charge in [0.05, 0.1) is 12.5 Å². The first-order chi connectivity index (χ1) is 14.5. The van der Waals surface area contributed by atoms with Gasteiger partial charge in [0.25, 0.3) is 0 Å². The number of benzene rings is 3. The van der Waals surface area contributed by atoms with Gasteiger partial charge in [-0.15, -0.1) is 0 Å². The molecule has 0 aliphatic heterocycles. The van der Waals surface area contributed by atoms with E-state index < -0.39 is 11.9 Å². The molecule has 1 unspecified atom stereocenters. The van der Waals surface area contributed by atoms with Crippen molar-refractivity contribution in [3.05, 3.63) is 60.2 Å². The maximum atomic E-state index is 11.3. The first-order valence-electron chi connectivity index (χ1n) is 10.7. The topological polar surface area (TPSA) is 66.8 Å². The molecule has 3 aromatic carbocycles. The number of carboxylic acids is 1. The number of aliphatic carboxylic acids is 1. The van der Waals surface area contributed by atoms with Crippen molar-refractivity contribution in [1.82, 2.24) is 0 Å². The zero-order valence-corrected chi connectivity index (χ0v) is 17.3. The van der Waals surface area contributed by atoms with Gasteiger partial charge in [0.2, 0.25) is 0 Å². The summed E-state index contributed by atoms with van der Waals surface area (Å²) in [6, 6.07) is 17.5. The Hall–Kier alpha value is -3.01. The van der Waals surface area contributed by atoms with Crippen LogP contribution < -0.4 is 4.74 Å². The Morgan fingerprint density at radius 3 is 2.53 bits per heavy atom. The number of fused-ring (bicyclic) bond motifs is 1. The number of ether oxygens (including phenoxy) is 1. The SMILES string of the molecule is CC(Cc1ccc(OCC2CCCC2)c(-c2ccc3cc(O)ccc3c2)c1)C(=O)O. The number of phenols is 1. The smallest absolute Gasteiger partial charge is 0.306 e. The molecule has 0 amide bonds. The highest BCUT2D eigenvalue weighted by molar-refractivity contribution is 5.89. The number of hydrogen-bond donors (Lipinski definition) is 2. The number of rotatable bonds is 7. The van der Waals surface area contributed by atoms with Crippen LogP contribution in [-0.2, 0) is 11.2 Å². The van der Waals surface area contributed by atoms with Gasteiger partial charge in [0.15, 0.2) is 0 Å². The zero-order chi connectivity index (χ0) is 21.1. The van der Waals surface area contributed by atoms with Crippen LogP contribution in [0.4, 0.5) is 0 Å². The van der Waals surface area contributed by atoms with Crippen LogP contribution in [-0.4, -0.2) is 22.8 Å². The molecule has 0 aromatic heterocycles. The van der Waals surface area contributed by atoms with Gasteiger partial charge >= 0.3 is 5.97 Å². The summed E-state index contributed by atoms with van der Waals surface area (Å²) in [5, 5.41) is 21.0. The van der Waals surface area contributed by atoms with Crippen molar-refractivity contribution in [2.24, 2.45) is 11.8 Å². The standard InChI is InChI=1S/C26H28O4/c1-17(26(28)29)12-19-6-11-25(30-16-18-4-2-3-5-18)24(13-19)22-8-7-21-15-23(27)10-9-20(21)14-22/h6-11,13-15,17-18,27H,2-5,12,16H2,1H3,(H,28,29). The van der Waals surface area contributed by atoms with E-state index in [1.54, 1.807) is 19.1 Å². The van der Waals surface area contributed by atoms with E-state index in [4.69, 9.17) is 4.74 Å². The minimum atomic E-state index is -0.788. The van der Waals surface area contributed by atoms with E-state index in [1.807, 2.05) is 30.3 Å². The largest absolute Gasteiger partial charge is 0.508 e. The second kappa shape index (κ2) is 8.78. The summed E-state index contributed by atoms with van der Waals surface area (Å²) in [5.74, 6) is 0.475. The van der Waals surface area contributed by atoms with Crippen LogP contribution in [0.25, 0.3) is 21.9 Å². The summed E-state index contributed by atoms with van der Waals surface area (Å²) in [6.07, 6.45) is 5.49. The Kier molecular flexibility index (Phi) is 5.93. The molecule has 0 heterocycles. The summed E-state index contributed by atoms with van der Waals surface area (Å²) < 4.78 is 6.26. The lowest BCUT2D eigenvalue weighted by molar-refractivity contribution is -0.141. The fourth-order valence-electron chi connectivity index (χ4n) is 4.28. The van der Waals surface area contributed by atoms with Crippen LogP contribution in [0.1, 0.15) is 38.2 Å². The molecule has 4 nitrogen and oxygen atoms in total. The lowest BCUT2D eigenvalue weighted by atomic mass is 9.95. The second-order valence-electron chi connectivity index (χ2n) is 8.48. The fourth-order valence-corrected chi connectivity index (χ4v) is 4.28. The molecule has 4 heteroatoms. The lowest BCUT2D eigenvalue weighted by Crippen LogP contribution is -2.12. The average Bonchev–Trinajstić information content (AvgIpc) is 3.26. The van der Waals surface area contributed by atoms with Gasteiger partial charge in [0, 0.05) is 5.56 Å². The molecule has 0 bridgehead atoms. The number of hydrogen-bond acceptors (Lipinski definition) is 3. The van der Waals surface area contributed by atoms with Crippen molar-refractivity contribution in [3.63, 3.8) is 0 Å². The van der Waals surface area contributed by atoms with E-state index in [-0.39, 0.29) is 5.75 Å². The monoisotopic (exact) mass is 404 g/mol. The first-order valence-corrected chi connectivity index (χ1v) is 10.7. The Labute approximate surface area is 177 Å². The van der Waals surface area contributed by atoms with Gasteiger partial charge in [-0.1, -0.05) is 44.0 Å². The maximum absolute atomic E-state index is 11.3. The molecule has 1 aliphatic rings. The Balaban J connectivity index is 1.69. The van der Waals surface area contributed by atoms with Crippen LogP contribution in [0.2, 0.25) is 0 Å². The van der Waals surface area contributed by atoms with Crippen LogP contribution in [0, 0.1) is 11.8 Å². The minimum Gasteiger partial charge on any atom is -0.508 e. The zero-order valence-electron chi connectivity index (χ0n) is 17.3. The normalized spacial score (nSPS) is 15.4. The van der Waals surface area contributed by atoms with Crippen LogP contribution in [0.15, 0.2) is 54.6 Å². The van der Waals surface area contributed by atoms with Crippen LogP contribution >= 0.6 is 0 Å². The van der Waals surface area contributed by atoms with Crippen molar-refractivity contribution in [2.75, 3.05) is 6.61 Å². The van der Waals surface area contributed by atoms with Gasteiger partial charge in [-0.2, -0.15) is 0 Å². The predicted octanol–water partition coefficient (Wildman–Crippen LogP) is 6.04. The molecule has 0 saturated heterocycles. The van der Waals surface area contributed by atoms with Crippen molar-refractivity contribution < 1.29 is 19.7 Å². The molecule has 3 aromatic rings. The summed E-state index contributed by atoms with van der Waals surface area (Å²) >= 11 is 0. The highest BCUT2D eigenvalue weighted by Crippen LogP contribution is 2.35. The van der Waals surface area contributed by atoms with E-state index in [2.05, 4.69) is 12.1 Å². The third kappa shape index (κ3) is 4.59. The number of carbonyl (C=O) groups is 1. The molecular formula is C26H28O4. The summed E-state index contributed by atoms with van der Waals surface area (Å²) in [6.45, 7) is 2.45.